The molecule has 0 aliphatic carbocycles. The van der Waals surface area contributed by atoms with Gasteiger partial charge in [0, 0.05) is 23.5 Å². The highest BCUT2D eigenvalue weighted by atomic mass is 19.1. The number of unbranched alkanes of at least 4 members (excludes halogenated alkanes) is 1. The summed E-state index contributed by atoms with van der Waals surface area (Å²) < 4.78 is 35.3. The van der Waals surface area contributed by atoms with Crippen molar-refractivity contribution in [3.8, 4) is 0 Å². The first-order chi connectivity index (χ1) is 13.4. The van der Waals surface area contributed by atoms with E-state index in [2.05, 4.69) is 18.5 Å². The van der Waals surface area contributed by atoms with Gasteiger partial charge >= 0.3 is 0 Å². The van der Waals surface area contributed by atoms with Crippen molar-refractivity contribution in [3.05, 3.63) is 58.2 Å². The van der Waals surface area contributed by atoms with Gasteiger partial charge in [0.2, 0.25) is 0 Å². The summed E-state index contributed by atoms with van der Waals surface area (Å²) in [6.07, 6.45) is 4.48. The van der Waals surface area contributed by atoms with Gasteiger partial charge in [0.05, 0.1) is 11.3 Å². The Kier molecular flexibility index (Phi) is 6.42. The molecule has 4 nitrogen and oxygen atoms in total. The van der Waals surface area contributed by atoms with Gasteiger partial charge in [-0.1, -0.05) is 32.1 Å². The largest absolute Gasteiger partial charge is 0.386 e. The summed E-state index contributed by atoms with van der Waals surface area (Å²) in [6.45, 7) is 7.84. The average Bonchev–Trinajstić information content (AvgIpc) is 3.26. The number of ether oxygens (including phenoxy) is 1. The minimum absolute atomic E-state index is 0.355. The Morgan fingerprint density at radius 1 is 1.36 bits per heavy atom. The quantitative estimate of drug-likeness (QED) is 0.769. The third-order valence-electron chi connectivity index (χ3n) is 5.06. The van der Waals surface area contributed by atoms with Crippen molar-refractivity contribution in [2.24, 2.45) is 4.99 Å². The monoisotopic (exact) mass is 388 g/mol. The molecule has 1 aliphatic rings. The lowest BCUT2D eigenvalue weighted by atomic mass is 10.0. The molecule has 3 rings (SSSR count). The van der Waals surface area contributed by atoms with Crippen molar-refractivity contribution in [1.29, 1.82) is 0 Å². The van der Waals surface area contributed by atoms with E-state index in [9.17, 15) is 13.9 Å². The van der Waals surface area contributed by atoms with Gasteiger partial charge in [-0.15, -0.1) is 0 Å². The normalized spacial score (nSPS) is 22.0. The standard InChI is InChI=1S/C22H26F2N2O2/c1-4-5-12-25-14(2)21-15(3)26(13-18(21)24)20-11-10-19(28-20)22(27)16-6-8-17(23)9-7-16/h6-9,12-13,19-20,22,27H,3-5,10-11H2,1-2H3/b21-14+,25-12?. The van der Waals surface area contributed by atoms with Gasteiger partial charge in [-0.2, -0.15) is 0 Å². The highest BCUT2D eigenvalue weighted by Crippen LogP contribution is 2.34. The molecule has 1 aliphatic heterocycles. The Morgan fingerprint density at radius 3 is 2.75 bits per heavy atom. The molecule has 0 bridgehead atoms. The Balaban J connectivity index is 1.80. The maximum atomic E-state index is 14.5. The fourth-order valence-corrected chi connectivity index (χ4v) is 3.52. The van der Waals surface area contributed by atoms with Crippen molar-refractivity contribution in [2.45, 2.75) is 58.0 Å². The van der Waals surface area contributed by atoms with Crippen molar-refractivity contribution in [2.75, 3.05) is 0 Å². The highest BCUT2D eigenvalue weighted by Gasteiger charge is 2.33. The van der Waals surface area contributed by atoms with Crippen LogP contribution >= 0.6 is 0 Å². The minimum atomic E-state index is -0.870. The molecule has 1 fully saturated rings. The maximum Gasteiger partial charge on any atom is 0.150 e. The predicted molar refractivity (Wildman–Crippen MR) is 106 cm³/mol. The summed E-state index contributed by atoms with van der Waals surface area (Å²) in [5.74, 6) is -0.742. The molecule has 1 aromatic heterocycles. The van der Waals surface area contributed by atoms with Gasteiger partial charge in [0.1, 0.15) is 18.1 Å². The van der Waals surface area contributed by atoms with Crippen LogP contribution in [-0.4, -0.2) is 22.0 Å². The van der Waals surface area contributed by atoms with Crippen LogP contribution in [0.5, 0.6) is 0 Å². The smallest absolute Gasteiger partial charge is 0.150 e. The first-order valence-electron chi connectivity index (χ1n) is 9.60. The Labute approximate surface area is 163 Å². The molecule has 2 aromatic rings. The van der Waals surface area contributed by atoms with Crippen molar-refractivity contribution >= 4 is 18.5 Å². The van der Waals surface area contributed by atoms with Crippen molar-refractivity contribution in [1.82, 2.24) is 4.57 Å². The van der Waals surface area contributed by atoms with Crippen LogP contribution in [0.15, 0.2) is 35.5 Å². The molecule has 6 heteroatoms. The second-order valence-corrected chi connectivity index (χ2v) is 7.09. The molecule has 28 heavy (non-hydrogen) atoms. The Morgan fingerprint density at radius 2 is 2.07 bits per heavy atom. The number of benzene rings is 1. The number of nitrogens with zero attached hydrogens (tertiary/aromatic N) is 2. The topological polar surface area (TPSA) is 46.8 Å². The van der Waals surface area contributed by atoms with Crippen LogP contribution in [0.4, 0.5) is 8.78 Å². The molecule has 0 spiro atoms. The van der Waals surface area contributed by atoms with E-state index in [-0.39, 0.29) is 11.6 Å². The second-order valence-electron chi connectivity index (χ2n) is 7.09. The first kappa shape index (κ1) is 20.4. The third-order valence-corrected chi connectivity index (χ3v) is 5.06. The number of aliphatic imine (C=N–C) groups is 1. The van der Waals surface area contributed by atoms with E-state index in [1.807, 2.05) is 0 Å². The average molecular weight is 388 g/mol. The van der Waals surface area contributed by atoms with Crippen molar-refractivity contribution in [3.63, 3.8) is 0 Å². The van der Waals surface area contributed by atoms with Crippen LogP contribution in [0.25, 0.3) is 12.3 Å². The summed E-state index contributed by atoms with van der Waals surface area (Å²) in [6, 6.07) is 5.71. The lowest BCUT2D eigenvalue weighted by Crippen LogP contribution is -2.32. The number of aliphatic hydroxyl groups excluding tert-OH is 1. The number of hydrogen-bond donors (Lipinski definition) is 1. The van der Waals surface area contributed by atoms with Gasteiger partial charge < -0.3 is 14.4 Å². The molecular formula is C22H26F2N2O2. The molecule has 0 saturated carbocycles. The van der Waals surface area contributed by atoms with Crippen LogP contribution in [0.1, 0.15) is 57.4 Å². The van der Waals surface area contributed by atoms with Crippen LogP contribution in [-0.2, 0) is 4.74 Å². The summed E-state index contributed by atoms with van der Waals surface area (Å²) in [7, 11) is 0. The third kappa shape index (κ3) is 4.23. The van der Waals surface area contributed by atoms with E-state index in [4.69, 9.17) is 4.74 Å². The van der Waals surface area contributed by atoms with Crippen molar-refractivity contribution < 1.29 is 18.6 Å². The molecule has 1 saturated heterocycles. The van der Waals surface area contributed by atoms with E-state index in [1.54, 1.807) is 29.8 Å². The van der Waals surface area contributed by atoms with E-state index < -0.39 is 18.4 Å². The van der Waals surface area contributed by atoms with E-state index >= 15 is 0 Å². The second kappa shape index (κ2) is 8.80. The van der Waals surface area contributed by atoms with Gasteiger partial charge in [-0.25, -0.2) is 8.78 Å². The van der Waals surface area contributed by atoms with E-state index in [1.165, 1.54) is 18.3 Å². The number of rotatable bonds is 6. The summed E-state index contributed by atoms with van der Waals surface area (Å²) in [4.78, 5) is 4.32. The van der Waals surface area contributed by atoms with Crippen LogP contribution in [0.2, 0.25) is 0 Å². The molecule has 1 aromatic carbocycles. The number of aromatic nitrogens is 1. The molecular weight excluding hydrogens is 362 g/mol. The lowest BCUT2D eigenvalue weighted by Gasteiger charge is -2.20. The van der Waals surface area contributed by atoms with E-state index in [0.29, 0.717) is 34.7 Å². The maximum absolute atomic E-state index is 14.5. The SMILES string of the molecule is C=c1/c(=C(/C)N=CCCC)c(F)cn1C1CCC(C(O)c2ccc(F)cc2)O1. The fraction of sp³-hybridized carbons (Fsp3) is 0.409. The van der Waals surface area contributed by atoms with Gasteiger partial charge in [0.25, 0.3) is 0 Å². The Hall–Kier alpha value is -2.31. The zero-order valence-corrected chi connectivity index (χ0v) is 16.2. The van der Waals surface area contributed by atoms with Gasteiger partial charge in [-0.05, 0) is 43.9 Å². The molecule has 3 unspecified atom stereocenters. The number of halogens is 2. The fourth-order valence-electron chi connectivity index (χ4n) is 3.52. The summed E-state index contributed by atoms with van der Waals surface area (Å²) in [5.41, 5.74) is 1.17. The zero-order valence-electron chi connectivity index (χ0n) is 16.2. The highest BCUT2D eigenvalue weighted by molar-refractivity contribution is 5.64. The lowest BCUT2D eigenvalue weighted by molar-refractivity contribution is -0.0612. The number of aliphatic hydroxyl groups is 1. The summed E-state index contributed by atoms with van der Waals surface area (Å²) >= 11 is 0. The number of hydrogen-bond acceptors (Lipinski definition) is 3. The molecule has 2 heterocycles. The van der Waals surface area contributed by atoms with E-state index in [0.717, 1.165) is 12.8 Å². The first-order valence-corrected chi connectivity index (χ1v) is 9.60. The molecule has 1 N–H and O–H groups in total. The minimum Gasteiger partial charge on any atom is -0.386 e. The van der Waals surface area contributed by atoms with Crippen LogP contribution < -0.4 is 10.6 Å². The van der Waals surface area contributed by atoms with Gasteiger partial charge in [0.15, 0.2) is 5.82 Å². The zero-order chi connectivity index (χ0) is 20.3. The Bertz CT molecular complexity index is 950. The predicted octanol–water partition coefficient (Wildman–Crippen LogP) is 3.59. The summed E-state index contributed by atoms with van der Waals surface area (Å²) in [5, 5.41) is 11.4. The van der Waals surface area contributed by atoms with Crippen LogP contribution in [0, 0.1) is 11.6 Å². The van der Waals surface area contributed by atoms with Gasteiger partial charge in [-0.3, -0.25) is 4.99 Å². The molecule has 0 amide bonds. The molecule has 0 radical (unpaired) electrons. The molecule has 3 atom stereocenters. The molecule has 150 valence electrons. The van der Waals surface area contributed by atoms with Crippen LogP contribution in [0.3, 0.4) is 0 Å².